The number of nitrogens with one attached hydrogen (secondary N) is 1. The summed E-state index contributed by atoms with van der Waals surface area (Å²) >= 11 is 6.30. The molecule has 1 atom stereocenters. The quantitative estimate of drug-likeness (QED) is 0.369. The Hall–Kier alpha value is -2.31. The zero-order chi connectivity index (χ0) is 19.9. The van der Waals surface area contributed by atoms with E-state index in [4.69, 9.17) is 21.7 Å². The number of carbonyl (C=O) groups is 1. The van der Waals surface area contributed by atoms with E-state index in [0.29, 0.717) is 34.1 Å². The van der Waals surface area contributed by atoms with Crippen molar-refractivity contribution in [3.63, 3.8) is 0 Å². The third-order valence-electron chi connectivity index (χ3n) is 4.51. The van der Waals surface area contributed by atoms with Crippen LogP contribution in [-0.2, 0) is 4.79 Å². The van der Waals surface area contributed by atoms with Crippen molar-refractivity contribution in [1.82, 2.24) is 5.32 Å². The molecule has 0 spiro atoms. The lowest BCUT2D eigenvalue weighted by Gasteiger charge is -2.16. The number of hydrogen-bond acceptors (Lipinski definition) is 5. The Morgan fingerprint density at radius 1 is 1.07 bits per heavy atom. The zero-order valence-electron chi connectivity index (χ0n) is 15.9. The summed E-state index contributed by atoms with van der Waals surface area (Å²) in [6.45, 7) is 5.22. The molecule has 3 rings (SSSR count). The van der Waals surface area contributed by atoms with E-state index in [1.54, 1.807) is 6.08 Å². The molecule has 0 aromatic heterocycles. The highest BCUT2D eigenvalue weighted by Crippen LogP contribution is 2.30. The van der Waals surface area contributed by atoms with Gasteiger partial charge in [-0.2, -0.15) is 0 Å². The fraction of sp³-hybridized carbons (Fsp3) is 0.273. The summed E-state index contributed by atoms with van der Waals surface area (Å²) in [4.78, 5) is 12.4. The van der Waals surface area contributed by atoms with E-state index in [1.165, 1.54) is 17.3 Å². The van der Waals surface area contributed by atoms with E-state index >= 15 is 0 Å². The van der Waals surface area contributed by atoms with E-state index < -0.39 is 0 Å². The highest BCUT2D eigenvalue weighted by molar-refractivity contribution is 8.26. The average Bonchev–Trinajstić information content (AvgIpc) is 3.03. The Labute approximate surface area is 175 Å². The van der Waals surface area contributed by atoms with Crippen LogP contribution in [0.25, 0.3) is 6.08 Å². The molecule has 1 N–H and O–H groups in total. The van der Waals surface area contributed by atoms with Crippen LogP contribution in [0.5, 0.6) is 11.5 Å². The topological polar surface area (TPSA) is 47.6 Å². The molecular weight excluding hydrogens is 390 g/mol. The average molecular weight is 414 g/mol. The SMILES string of the molecule is CC[C@H](C)c1ccccc1OCCOc1ccccc1/C=C1/SC(=S)NC1=O. The van der Waals surface area contributed by atoms with Crippen LogP contribution in [0.2, 0.25) is 0 Å². The molecule has 6 heteroatoms. The number of para-hydroxylation sites is 2. The van der Waals surface area contributed by atoms with Gasteiger partial charge in [-0.15, -0.1) is 0 Å². The van der Waals surface area contributed by atoms with Gasteiger partial charge in [0.2, 0.25) is 0 Å². The molecule has 0 bridgehead atoms. The van der Waals surface area contributed by atoms with Crippen LogP contribution in [0.15, 0.2) is 53.4 Å². The maximum Gasteiger partial charge on any atom is 0.263 e. The fourth-order valence-corrected chi connectivity index (χ4v) is 3.87. The summed E-state index contributed by atoms with van der Waals surface area (Å²) in [6.07, 6.45) is 2.86. The number of rotatable bonds is 8. The van der Waals surface area contributed by atoms with Crippen molar-refractivity contribution in [2.45, 2.75) is 26.2 Å². The summed E-state index contributed by atoms with van der Waals surface area (Å²) in [6, 6.07) is 15.7. The van der Waals surface area contributed by atoms with Crippen LogP contribution in [-0.4, -0.2) is 23.4 Å². The minimum Gasteiger partial charge on any atom is -0.490 e. The van der Waals surface area contributed by atoms with Crippen molar-refractivity contribution < 1.29 is 14.3 Å². The van der Waals surface area contributed by atoms with Crippen LogP contribution in [0.3, 0.4) is 0 Å². The Morgan fingerprint density at radius 2 is 1.71 bits per heavy atom. The maximum atomic E-state index is 11.9. The summed E-state index contributed by atoms with van der Waals surface area (Å²) < 4.78 is 12.4. The largest absolute Gasteiger partial charge is 0.490 e. The number of ether oxygens (including phenoxy) is 2. The minimum absolute atomic E-state index is 0.171. The molecule has 0 aliphatic carbocycles. The van der Waals surface area contributed by atoms with E-state index in [1.807, 2.05) is 42.5 Å². The van der Waals surface area contributed by atoms with Gasteiger partial charge in [0.1, 0.15) is 29.0 Å². The number of carbonyl (C=O) groups excluding carboxylic acids is 1. The number of hydrogen-bond donors (Lipinski definition) is 1. The lowest BCUT2D eigenvalue weighted by Crippen LogP contribution is -2.17. The van der Waals surface area contributed by atoms with Gasteiger partial charge in [-0.1, -0.05) is 74.2 Å². The smallest absolute Gasteiger partial charge is 0.263 e. The molecule has 2 aromatic rings. The summed E-state index contributed by atoms with van der Waals surface area (Å²) in [7, 11) is 0. The maximum absolute atomic E-state index is 11.9. The molecule has 1 saturated heterocycles. The minimum atomic E-state index is -0.171. The lowest BCUT2D eigenvalue weighted by atomic mass is 9.98. The first-order valence-electron chi connectivity index (χ1n) is 9.27. The number of amides is 1. The fourth-order valence-electron chi connectivity index (χ4n) is 2.84. The van der Waals surface area contributed by atoms with Crippen molar-refractivity contribution in [1.29, 1.82) is 0 Å². The molecule has 1 aliphatic heterocycles. The van der Waals surface area contributed by atoms with Crippen molar-refractivity contribution in [3.8, 4) is 11.5 Å². The highest BCUT2D eigenvalue weighted by Gasteiger charge is 2.22. The van der Waals surface area contributed by atoms with Crippen LogP contribution in [0.4, 0.5) is 0 Å². The molecule has 146 valence electrons. The van der Waals surface area contributed by atoms with Crippen LogP contribution in [0.1, 0.15) is 37.3 Å². The van der Waals surface area contributed by atoms with E-state index in [2.05, 4.69) is 25.2 Å². The lowest BCUT2D eigenvalue weighted by molar-refractivity contribution is -0.115. The van der Waals surface area contributed by atoms with Gasteiger partial charge in [0.25, 0.3) is 5.91 Å². The monoisotopic (exact) mass is 413 g/mol. The molecule has 0 saturated carbocycles. The Balaban J connectivity index is 1.62. The first-order chi connectivity index (χ1) is 13.6. The van der Waals surface area contributed by atoms with Gasteiger partial charge in [0.15, 0.2) is 0 Å². The highest BCUT2D eigenvalue weighted by atomic mass is 32.2. The second-order valence-electron chi connectivity index (χ2n) is 6.43. The predicted molar refractivity (Wildman–Crippen MR) is 119 cm³/mol. The molecule has 1 aliphatic rings. The van der Waals surface area contributed by atoms with Crippen LogP contribution in [0, 0.1) is 0 Å². The Kier molecular flexibility index (Phi) is 7.12. The van der Waals surface area contributed by atoms with Gasteiger partial charge >= 0.3 is 0 Å². The molecule has 0 radical (unpaired) electrons. The first kappa shape index (κ1) is 20.4. The standard InChI is InChI=1S/C22H23NO3S2/c1-3-15(2)17-9-5-7-11-19(17)26-13-12-25-18-10-6-4-8-16(18)14-20-21(24)23-22(27)28-20/h4-11,14-15H,3,12-13H2,1-2H3,(H,23,24,27)/b20-14+/t15-/m0/s1. The summed E-state index contributed by atoms with van der Waals surface area (Å²) in [5.41, 5.74) is 2.06. The van der Waals surface area contributed by atoms with E-state index in [-0.39, 0.29) is 5.91 Å². The molecule has 28 heavy (non-hydrogen) atoms. The van der Waals surface area contributed by atoms with Crippen molar-refractivity contribution >= 4 is 40.3 Å². The molecule has 2 aromatic carbocycles. The molecule has 1 fully saturated rings. The van der Waals surface area contributed by atoms with Gasteiger partial charge in [-0.25, -0.2) is 0 Å². The van der Waals surface area contributed by atoms with Crippen LogP contribution >= 0.6 is 24.0 Å². The molecular formula is C22H23NO3S2. The van der Waals surface area contributed by atoms with Gasteiger partial charge in [-0.3, -0.25) is 4.79 Å². The van der Waals surface area contributed by atoms with E-state index in [0.717, 1.165) is 17.7 Å². The Morgan fingerprint density at radius 3 is 2.39 bits per heavy atom. The molecule has 1 amide bonds. The summed E-state index contributed by atoms with van der Waals surface area (Å²) in [5.74, 6) is 1.89. The van der Waals surface area contributed by atoms with Gasteiger partial charge < -0.3 is 14.8 Å². The zero-order valence-corrected chi connectivity index (χ0v) is 17.6. The molecule has 4 nitrogen and oxygen atoms in total. The first-order valence-corrected chi connectivity index (χ1v) is 10.5. The molecule has 0 unspecified atom stereocenters. The number of thioether (sulfide) groups is 1. The van der Waals surface area contributed by atoms with E-state index in [9.17, 15) is 4.79 Å². The Bertz CT molecular complexity index is 895. The van der Waals surface area contributed by atoms with Crippen molar-refractivity contribution in [3.05, 3.63) is 64.6 Å². The second-order valence-corrected chi connectivity index (χ2v) is 8.15. The molecule has 1 heterocycles. The van der Waals surface area contributed by atoms with Crippen LogP contribution < -0.4 is 14.8 Å². The van der Waals surface area contributed by atoms with Crippen molar-refractivity contribution in [2.75, 3.05) is 13.2 Å². The second kappa shape index (κ2) is 9.75. The normalized spacial score (nSPS) is 16.1. The van der Waals surface area contributed by atoms with Crippen molar-refractivity contribution in [2.24, 2.45) is 0 Å². The third-order valence-corrected chi connectivity index (χ3v) is 5.67. The van der Waals surface area contributed by atoms with Gasteiger partial charge in [0, 0.05) is 5.56 Å². The number of benzene rings is 2. The summed E-state index contributed by atoms with van der Waals surface area (Å²) in [5, 5.41) is 2.62. The third kappa shape index (κ3) is 5.14. The number of thiocarbonyl (C=S) groups is 1. The van der Waals surface area contributed by atoms with Gasteiger partial charge in [-0.05, 0) is 36.1 Å². The predicted octanol–water partition coefficient (Wildman–Crippen LogP) is 5.15. The van der Waals surface area contributed by atoms with Gasteiger partial charge in [0.05, 0.1) is 4.91 Å².